The van der Waals surface area contributed by atoms with Gasteiger partial charge in [-0.2, -0.15) is 13.4 Å². The summed E-state index contributed by atoms with van der Waals surface area (Å²) in [5, 5.41) is 8.08. The van der Waals surface area contributed by atoms with E-state index < -0.39 is 10.1 Å². The Morgan fingerprint density at radius 1 is 1.19 bits per heavy atom. The van der Waals surface area contributed by atoms with E-state index in [9.17, 15) is 13.0 Å². The minimum atomic E-state index is -4.47. The normalized spacial score (nSPS) is 17.0. The van der Waals surface area contributed by atoms with Gasteiger partial charge in [0.1, 0.15) is 15.7 Å². The largest absolute Gasteiger partial charge is 0.371 e. The molecule has 0 amide bonds. The first kappa shape index (κ1) is 17.7. The first-order valence-corrected chi connectivity index (χ1v) is 10.3. The molecule has 0 aliphatic carbocycles. The van der Waals surface area contributed by atoms with Crippen molar-refractivity contribution in [3.8, 4) is 0 Å². The summed E-state index contributed by atoms with van der Waals surface area (Å²) >= 11 is 11.6. The Balaban J connectivity index is 1.89. The van der Waals surface area contributed by atoms with Crippen molar-refractivity contribution in [3.05, 3.63) is 27.5 Å². The SMILES string of the molecule is O=S(=O)(O)c1c(N=Nc2nc(Cl)c(Cl)[nH]2)cc2c3c1CCCN3CCC2. The molecular weight excluding hydrogens is 401 g/mol. The molecule has 138 valence electrons. The molecule has 26 heavy (non-hydrogen) atoms. The summed E-state index contributed by atoms with van der Waals surface area (Å²) in [5.41, 5.74) is 2.63. The lowest BCUT2D eigenvalue weighted by Gasteiger charge is -2.37. The zero-order valence-corrected chi connectivity index (χ0v) is 15.9. The monoisotopic (exact) mass is 415 g/mol. The molecule has 1 aromatic carbocycles. The first-order chi connectivity index (χ1) is 12.3. The maximum atomic E-state index is 12.1. The molecule has 3 heterocycles. The number of nitrogens with zero attached hydrogens (tertiary/aromatic N) is 4. The van der Waals surface area contributed by atoms with Crippen LogP contribution < -0.4 is 4.90 Å². The van der Waals surface area contributed by atoms with Gasteiger partial charge in [0.05, 0.1) is 0 Å². The number of azo groups is 1. The number of rotatable bonds is 3. The summed E-state index contributed by atoms with van der Waals surface area (Å²) in [4.78, 5) is 8.49. The number of H-pyrrole nitrogens is 1. The van der Waals surface area contributed by atoms with E-state index in [-0.39, 0.29) is 26.8 Å². The highest BCUT2D eigenvalue weighted by molar-refractivity contribution is 7.86. The van der Waals surface area contributed by atoms with Crippen LogP contribution in [0.4, 0.5) is 17.3 Å². The van der Waals surface area contributed by atoms with Gasteiger partial charge < -0.3 is 9.88 Å². The molecule has 0 bridgehead atoms. The van der Waals surface area contributed by atoms with Crippen LogP contribution in [-0.4, -0.2) is 36.0 Å². The second-order valence-corrected chi connectivity index (χ2v) is 8.34. The van der Waals surface area contributed by atoms with Crippen molar-refractivity contribution < 1.29 is 13.0 Å². The maximum absolute atomic E-state index is 12.1. The fourth-order valence-corrected chi connectivity index (χ4v) is 4.77. The molecule has 0 radical (unpaired) electrons. The number of benzene rings is 1. The van der Waals surface area contributed by atoms with Gasteiger partial charge >= 0.3 is 0 Å². The Kier molecular flexibility index (Phi) is 4.42. The molecule has 0 atom stereocenters. The quantitative estimate of drug-likeness (QED) is 0.579. The van der Waals surface area contributed by atoms with Gasteiger partial charge in [-0.3, -0.25) is 4.55 Å². The van der Waals surface area contributed by atoms with Gasteiger partial charge in [0.15, 0.2) is 5.15 Å². The van der Waals surface area contributed by atoms with Gasteiger partial charge in [0, 0.05) is 18.8 Å². The summed E-state index contributed by atoms with van der Waals surface area (Å²) in [6, 6.07) is 1.68. The highest BCUT2D eigenvalue weighted by Crippen LogP contribution is 2.43. The van der Waals surface area contributed by atoms with E-state index in [1.54, 1.807) is 6.07 Å². The molecule has 0 spiro atoms. The predicted octanol–water partition coefficient (Wildman–Crippen LogP) is 4.08. The van der Waals surface area contributed by atoms with Crippen molar-refractivity contribution in [1.29, 1.82) is 0 Å². The molecule has 2 aromatic rings. The van der Waals surface area contributed by atoms with Crippen molar-refractivity contribution >= 4 is 50.6 Å². The number of anilines is 1. The van der Waals surface area contributed by atoms with E-state index in [1.807, 2.05) is 0 Å². The molecular formula is C15H15Cl2N5O3S. The van der Waals surface area contributed by atoms with Crippen LogP contribution in [0.2, 0.25) is 10.3 Å². The number of aromatic amines is 1. The molecule has 2 aliphatic rings. The molecule has 0 saturated heterocycles. The average molecular weight is 416 g/mol. The van der Waals surface area contributed by atoms with Crippen LogP contribution in [0, 0.1) is 0 Å². The van der Waals surface area contributed by atoms with Gasteiger partial charge in [0.25, 0.3) is 10.1 Å². The molecule has 11 heteroatoms. The summed E-state index contributed by atoms with van der Waals surface area (Å²) in [6.45, 7) is 1.77. The van der Waals surface area contributed by atoms with Crippen LogP contribution in [0.3, 0.4) is 0 Å². The van der Waals surface area contributed by atoms with Crippen molar-refractivity contribution in [3.63, 3.8) is 0 Å². The topological polar surface area (TPSA) is 111 Å². The summed E-state index contributed by atoms with van der Waals surface area (Å²) in [6.07, 6.45) is 3.19. The van der Waals surface area contributed by atoms with E-state index >= 15 is 0 Å². The highest BCUT2D eigenvalue weighted by atomic mass is 35.5. The molecule has 2 N–H and O–H groups in total. The van der Waals surface area contributed by atoms with Crippen LogP contribution in [0.1, 0.15) is 24.0 Å². The molecule has 8 nitrogen and oxygen atoms in total. The van der Waals surface area contributed by atoms with Crippen molar-refractivity contribution in [2.75, 3.05) is 18.0 Å². The van der Waals surface area contributed by atoms with Gasteiger partial charge in [-0.15, -0.1) is 10.2 Å². The maximum Gasteiger partial charge on any atom is 0.297 e. The lowest BCUT2D eigenvalue weighted by Crippen LogP contribution is -2.35. The van der Waals surface area contributed by atoms with Crippen LogP contribution in [0.25, 0.3) is 0 Å². The van der Waals surface area contributed by atoms with Crippen LogP contribution in [0.5, 0.6) is 0 Å². The number of imidazole rings is 1. The molecule has 2 aliphatic heterocycles. The van der Waals surface area contributed by atoms with Crippen LogP contribution in [-0.2, 0) is 23.0 Å². The third-order valence-corrected chi connectivity index (χ3v) is 6.19. The van der Waals surface area contributed by atoms with Gasteiger partial charge in [-0.25, -0.2) is 0 Å². The minimum Gasteiger partial charge on any atom is -0.371 e. The second kappa shape index (κ2) is 6.49. The fourth-order valence-electron chi connectivity index (χ4n) is 3.64. The number of aryl methyl sites for hydroxylation is 1. The standard InChI is InChI=1S/C15H15Cl2N5O3S/c16-13-14(17)19-15(18-13)21-20-10-7-8-3-1-5-22-6-2-4-9(11(8)22)12(10)26(23,24)25/h7H,1-6H2,(H,18,19)(H,23,24,25). The van der Waals surface area contributed by atoms with Crippen LogP contribution in [0.15, 0.2) is 21.2 Å². The zero-order valence-electron chi connectivity index (χ0n) is 13.5. The summed E-state index contributed by atoms with van der Waals surface area (Å²) in [7, 11) is -4.47. The lowest BCUT2D eigenvalue weighted by molar-refractivity contribution is 0.481. The number of nitrogens with one attached hydrogen (secondary N) is 1. The van der Waals surface area contributed by atoms with E-state index in [4.69, 9.17) is 23.2 Å². The third-order valence-electron chi connectivity index (χ3n) is 4.57. The Hall–Kier alpha value is -1.68. The average Bonchev–Trinajstić information content (AvgIpc) is 2.90. The van der Waals surface area contributed by atoms with Crippen LogP contribution >= 0.6 is 23.2 Å². The van der Waals surface area contributed by atoms with E-state index in [0.717, 1.165) is 43.6 Å². The molecule has 0 fully saturated rings. The van der Waals surface area contributed by atoms with Gasteiger partial charge in [-0.1, -0.05) is 23.2 Å². The highest BCUT2D eigenvalue weighted by Gasteiger charge is 2.32. The van der Waals surface area contributed by atoms with E-state index in [2.05, 4.69) is 25.1 Å². The summed E-state index contributed by atoms with van der Waals surface area (Å²) < 4.78 is 34.0. The summed E-state index contributed by atoms with van der Waals surface area (Å²) in [5.74, 6) is 0.0503. The predicted molar refractivity (Wildman–Crippen MR) is 97.9 cm³/mol. The lowest BCUT2D eigenvalue weighted by atomic mass is 9.91. The van der Waals surface area contributed by atoms with Gasteiger partial charge in [0.2, 0.25) is 5.95 Å². The smallest absolute Gasteiger partial charge is 0.297 e. The first-order valence-electron chi connectivity index (χ1n) is 8.08. The Morgan fingerprint density at radius 2 is 1.92 bits per heavy atom. The third kappa shape index (κ3) is 3.09. The molecule has 1 aromatic heterocycles. The minimum absolute atomic E-state index is 0.0480. The number of hydrogen-bond donors (Lipinski definition) is 2. The Bertz CT molecular complexity index is 997. The number of hydrogen-bond acceptors (Lipinski definition) is 6. The second-order valence-electron chi connectivity index (χ2n) is 6.25. The number of halogens is 2. The molecule has 0 saturated carbocycles. The Labute approximate surface area is 160 Å². The van der Waals surface area contributed by atoms with E-state index in [0.29, 0.717) is 12.0 Å². The number of aromatic nitrogens is 2. The van der Waals surface area contributed by atoms with Crippen molar-refractivity contribution in [2.24, 2.45) is 10.2 Å². The molecule has 4 rings (SSSR count). The molecule has 0 unspecified atom stereocenters. The Morgan fingerprint density at radius 3 is 2.58 bits per heavy atom. The van der Waals surface area contributed by atoms with Gasteiger partial charge in [-0.05, 0) is 42.9 Å². The van der Waals surface area contributed by atoms with Crippen molar-refractivity contribution in [2.45, 2.75) is 30.6 Å². The van der Waals surface area contributed by atoms with E-state index in [1.165, 1.54) is 0 Å². The van der Waals surface area contributed by atoms with Crippen molar-refractivity contribution in [1.82, 2.24) is 9.97 Å². The fraction of sp³-hybridized carbons (Fsp3) is 0.400. The zero-order chi connectivity index (χ0) is 18.5.